The van der Waals surface area contributed by atoms with Crippen molar-refractivity contribution in [3.8, 4) is 11.6 Å². The van der Waals surface area contributed by atoms with E-state index in [0.717, 1.165) is 22.6 Å². The molecule has 1 aromatic carbocycles. The quantitative estimate of drug-likeness (QED) is 0.905. The van der Waals surface area contributed by atoms with Crippen LogP contribution in [-0.4, -0.2) is 4.98 Å². The van der Waals surface area contributed by atoms with Gasteiger partial charge in [0.15, 0.2) is 0 Å². The molecule has 0 aliphatic rings. The van der Waals surface area contributed by atoms with E-state index in [1.807, 2.05) is 62.4 Å². The van der Waals surface area contributed by atoms with E-state index in [1.54, 1.807) is 0 Å². The van der Waals surface area contributed by atoms with E-state index in [2.05, 4.69) is 4.98 Å². The van der Waals surface area contributed by atoms with E-state index in [1.165, 1.54) is 0 Å². The Hall–Kier alpha value is -2.13. The molecule has 0 radical (unpaired) electrons. The zero-order valence-corrected chi connectivity index (χ0v) is 11.3. The van der Waals surface area contributed by atoms with Crippen LogP contribution in [0.25, 0.3) is 6.08 Å². The lowest BCUT2D eigenvalue weighted by atomic mass is 10.2. The first-order valence-electron chi connectivity index (χ1n) is 6.30. The molecule has 0 saturated heterocycles. The van der Waals surface area contributed by atoms with Gasteiger partial charge in [0.2, 0.25) is 5.88 Å². The van der Waals surface area contributed by atoms with Crippen molar-refractivity contribution in [3.63, 3.8) is 0 Å². The highest BCUT2D eigenvalue weighted by Crippen LogP contribution is 2.25. The summed E-state index contributed by atoms with van der Waals surface area (Å²) in [5, 5.41) is 0. The minimum atomic E-state index is 0.494. The fourth-order valence-corrected chi connectivity index (χ4v) is 1.84. The normalized spacial score (nSPS) is 10.9. The molecule has 2 N–H and O–H groups in total. The summed E-state index contributed by atoms with van der Waals surface area (Å²) in [6.07, 6.45) is 3.99. The SMILES string of the molecule is C/C=C/c1ccccc1Oc1ccc(CN)c(C)n1. The first kappa shape index (κ1) is 13.3. The third-order valence-electron chi connectivity index (χ3n) is 2.87. The third-order valence-corrected chi connectivity index (χ3v) is 2.87. The van der Waals surface area contributed by atoms with Gasteiger partial charge in [0.05, 0.1) is 0 Å². The molecule has 0 aliphatic heterocycles. The average molecular weight is 254 g/mol. The van der Waals surface area contributed by atoms with E-state index < -0.39 is 0 Å². The summed E-state index contributed by atoms with van der Waals surface area (Å²) in [7, 11) is 0. The smallest absolute Gasteiger partial charge is 0.219 e. The molecular formula is C16H18N2O. The monoisotopic (exact) mass is 254 g/mol. The number of ether oxygens (including phenoxy) is 1. The van der Waals surface area contributed by atoms with Gasteiger partial charge in [-0.3, -0.25) is 0 Å². The second kappa shape index (κ2) is 6.16. The Bertz CT molecular complexity index is 591. The van der Waals surface area contributed by atoms with Crippen LogP contribution < -0.4 is 10.5 Å². The van der Waals surface area contributed by atoms with Gasteiger partial charge in [0.1, 0.15) is 5.75 Å². The van der Waals surface area contributed by atoms with Crippen molar-refractivity contribution in [2.45, 2.75) is 20.4 Å². The Labute approximate surface area is 113 Å². The Kier molecular flexibility index (Phi) is 4.31. The molecule has 0 amide bonds. The highest BCUT2D eigenvalue weighted by atomic mass is 16.5. The van der Waals surface area contributed by atoms with Gasteiger partial charge in [-0.05, 0) is 25.5 Å². The molecule has 0 aliphatic carbocycles. The van der Waals surface area contributed by atoms with Crippen LogP contribution in [0.5, 0.6) is 11.6 Å². The Morgan fingerprint density at radius 3 is 2.68 bits per heavy atom. The van der Waals surface area contributed by atoms with Crippen LogP contribution in [0.3, 0.4) is 0 Å². The maximum Gasteiger partial charge on any atom is 0.219 e. The average Bonchev–Trinajstić information content (AvgIpc) is 2.41. The van der Waals surface area contributed by atoms with Gasteiger partial charge >= 0.3 is 0 Å². The van der Waals surface area contributed by atoms with E-state index in [4.69, 9.17) is 10.5 Å². The van der Waals surface area contributed by atoms with Crippen molar-refractivity contribution in [1.82, 2.24) is 4.98 Å². The van der Waals surface area contributed by atoms with Gasteiger partial charge in [0.25, 0.3) is 0 Å². The minimum Gasteiger partial charge on any atom is -0.438 e. The molecule has 0 atom stereocenters. The van der Waals surface area contributed by atoms with Crippen molar-refractivity contribution in [2.75, 3.05) is 0 Å². The van der Waals surface area contributed by atoms with Crippen LogP contribution in [0.2, 0.25) is 0 Å². The fourth-order valence-electron chi connectivity index (χ4n) is 1.84. The van der Waals surface area contributed by atoms with Crippen LogP contribution in [0, 0.1) is 6.92 Å². The van der Waals surface area contributed by atoms with Gasteiger partial charge in [0, 0.05) is 23.9 Å². The van der Waals surface area contributed by atoms with Crippen molar-refractivity contribution < 1.29 is 4.74 Å². The molecule has 0 bridgehead atoms. The van der Waals surface area contributed by atoms with E-state index in [-0.39, 0.29) is 0 Å². The number of benzene rings is 1. The summed E-state index contributed by atoms with van der Waals surface area (Å²) in [6.45, 7) is 4.41. The Morgan fingerprint density at radius 2 is 2.00 bits per heavy atom. The molecule has 0 spiro atoms. The zero-order valence-electron chi connectivity index (χ0n) is 11.3. The number of nitrogens with zero attached hydrogens (tertiary/aromatic N) is 1. The van der Waals surface area contributed by atoms with Gasteiger partial charge in [-0.2, -0.15) is 0 Å². The number of rotatable bonds is 4. The van der Waals surface area contributed by atoms with E-state index in [9.17, 15) is 0 Å². The maximum absolute atomic E-state index is 5.84. The zero-order chi connectivity index (χ0) is 13.7. The summed E-state index contributed by atoms with van der Waals surface area (Å²) in [5.41, 5.74) is 8.60. The van der Waals surface area contributed by atoms with Gasteiger partial charge < -0.3 is 10.5 Å². The topological polar surface area (TPSA) is 48.1 Å². The van der Waals surface area contributed by atoms with Crippen molar-refractivity contribution in [3.05, 3.63) is 59.3 Å². The van der Waals surface area contributed by atoms with Crippen molar-refractivity contribution in [2.24, 2.45) is 5.73 Å². The molecule has 98 valence electrons. The van der Waals surface area contributed by atoms with Crippen LogP contribution in [0.4, 0.5) is 0 Å². The second-order valence-electron chi connectivity index (χ2n) is 4.24. The summed E-state index contributed by atoms with van der Waals surface area (Å²) in [5.74, 6) is 1.39. The molecule has 2 aromatic rings. The van der Waals surface area contributed by atoms with Crippen LogP contribution in [0.1, 0.15) is 23.7 Å². The first-order valence-corrected chi connectivity index (χ1v) is 6.30. The number of allylic oxidation sites excluding steroid dienone is 1. The predicted molar refractivity (Wildman–Crippen MR) is 78.1 cm³/mol. The second-order valence-corrected chi connectivity index (χ2v) is 4.24. The summed E-state index contributed by atoms with van der Waals surface area (Å²) in [4.78, 5) is 4.41. The lowest BCUT2D eigenvalue weighted by Crippen LogP contribution is -2.01. The summed E-state index contributed by atoms with van der Waals surface area (Å²) < 4.78 is 5.84. The predicted octanol–water partition coefficient (Wildman–Crippen LogP) is 3.67. The Balaban J connectivity index is 2.28. The first-order chi connectivity index (χ1) is 9.24. The molecule has 0 saturated carbocycles. The van der Waals surface area contributed by atoms with E-state index >= 15 is 0 Å². The highest BCUT2D eigenvalue weighted by molar-refractivity contribution is 5.57. The standard InChI is InChI=1S/C16H18N2O/c1-3-6-13-7-4-5-8-15(13)19-16-10-9-14(11-17)12(2)18-16/h3-10H,11,17H2,1-2H3/b6-3+. The number of pyridine rings is 1. The summed E-state index contributed by atoms with van der Waals surface area (Å²) in [6, 6.07) is 11.7. The molecular weight excluding hydrogens is 236 g/mol. The molecule has 1 heterocycles. The summed E-state index contributed by atoms with van der Waals surface area (Å²) >= 11 is 0. The highest BCUT2D eigenvalue weighted by Gasteiger charge is 2.05. The number of hydrogen-bond donors (Lipinski definition) is 1. The van der Waals surface area contributed by atoms with Crippen LogP contribution in [0.15, 0.2) is 42.5 Å². The molecule has 3 nitrogen and oxygen atoms in total. The number of nitrogens with two attached hydrogens (primary N) is 1. The van der Waals surface area contributed by atoms with Crippen LogP contribution >= 0.6 is 0 Å². The van der Waals surface area contributed by atoms with Gasteiger partial charge in [-0.25, -0.2) is 4.98 Å². The van der Waals surface area contributed by atoms with Crippen molar-refractivity contribution >= 4 is 6.08 Å². The largest absolute Gasteiger partial charge is 0.438 e. The number of hydrogen-bond acceptors (Lipinski definition) is 3. The Morgan fingerprint density at radius 1 is 1.21 bits per heavy atom. The molecule has 3 heteroatoms. The minimum absolute atomic E-state index is 0.494. The molecule has 1 aromatic heterocycles. The number of aromatic nitrogens is 1. The number of aryl methyl sites for hydroxylation is 1. The number of para-hydroxylation sites is 1. The molecule has 2 rings (SSSR count). The third kappa shape index (κ3) is 3.20. The molecule has 19 heavy (non-hydrogen) atoms. The molecule has 0 fully saturated rings. The van der Waals surface area contributed by atoms with Gasteiger partial charge in [-0.15, -0.1) is 0 Å². The van der Waals surface area contributed by atoms with E-state index in [0.29, 0.717) is 12.4 Å². The fraction of sp³-hybridized carbons (Fsp3) is 0.188. The van der Waals surface area contributed by atoms with Crippen LogP contribution in [-0.2, 0) is 6.54 Å². The maximum atomic E-state index is 5.84. The lowest BCUT2D eigenvalue weighted by Gasteiger charge is -2.09. The van der Waals surface area contributed by atoms with Gasteiger partial charge in [-0.1, -0.05) is 36.4 Å². The van der Waals surface area contributed by atoms with Crippen molar-refractivity contribution in [1.29, 1.82) is 0 Å². The molecule has 0 unspecified atom stereocenters. The lowest BCUT2D eigenvalue weighted by molar-refractivity contribution is 0.460.